The van der Waals surface area contributed by atoms with E-state index in [0.29, 0.717) is 17.8 Å². The summed E-state index contributed by atoms with van der Waals surface area (Å²) in [6.07, 6.45) is 7.85. The third kappa shape index (κ3) is 7.15. The number of aryl methyl sites for hydroxylation is 1. The molecule has 0 bridgehead atoms. The van der Waals surface area contributed by atoms with Crippen molar-refractivity contribution >= 4 is 29.0 Å². The third-order valence-corrected chi connectivity index (χ3v) is 6.80. The summed E-state index contributed by atoms with van der Waals surface area (Å²) >= 11 is 0. The van der Waals surface area contributed by atoms with Crippen LogP contribution in [0.3, 0.4) is 0 Å². The molecule has 7 heteroatoms. The van der Waals surface area contributed by atoms with E-state index in [1.807, 2.05) is 59.5 Å². The second kappa shape index (κ2) is 13.0. The van der Waals surface area contributed by atoms with Crippen LogP contribution in [0.15, 0.2) is 65.3 Å². The molecule has 0 spiro atoms. The van der Waals surface area contributed by atoms with Crippen LogP contribution in [0.2, 0.25) is 0 Å². The van der Waals surface area contributed by atoms with Gasteiger partial charge in [-0.15, -0.1) is 0 Å². The van der Waals surface area contributed by atoms with E-state index in [1.165, 1.54) is 5.56 Å². The molecule has 0 unspecified atom stereocenters. The minimum Gasteiger partial charge on any atom is -0.467 e. The quantitative estimate of drug-likeness (QED) is 0.315. The second-order valence-corrected chi connectivity index (χ2v) is 9.57. The van der Waals surface area contributed by atoms with Crippen LogP contribution in [0.25, 0.3) is 0 Å². The van der Waals surface area contributed by atoms with Crippen LogP contribution < -0.4 is 15.5 Å². The van der Waals surface area contributed by atoms with E-state index in [-0.39, 0.29) is 11.9 Å². The molecule has 0 radical (unpaired) electrons. The van der Waals surface area contributed by atoms with Crippen molar-refractivity contribution in [1.82, 2.24) is 4.90 Å². The number of hydrogen-bond donors (Lipinski definition) is 2. The van der Waals surface area contributed by atoms with E-state index in [2.05, 4.69) is 29.4 Å². The normalized spacial score (nSPS) is 13.3. The molecule has 1 aromatic heterocycles. The van der Waals surface area contributed by atoms with Gasteiger partial charge in [0, 0.05) is 31.0 Å². The number of nitrogens with one attached hydrogen (secondary N) is 2. The standard InChI is InChI=1S/C30H38N4O3/c1-3-5-17-34(22-26-10-9-20-37-26)28-16-15-25(21-27(28)29(35)33-18-7-6-8-19-33)32-30(36)31-24-13-11-23(4-2)12-14-24/h9-16,20-21H,3-8,17-19,22H2,1-2H3,(H2,31,32,36). The zero-order valence-corrected chi connectivity index (χ0v) is 22.0. The van der Waals surface area contributed by atoms with Gasteiger partial charge in [0.1, 0.15) is 5.76 Å². The van der Waals surface area contributed by atoms with Gasteiger partial charge in [-0.1, -0.05) is 32.4 Å². The van der Waals surface area contributed by atoms with Crippen molar-refractivity contribution in [2.24, 2.45) is 0 Å². The number of likely N-dealkylation sites (tertiary alicyclic amines) is 1. The van der Waals surface area contributed by atoms with Gasteiger partial charge in [-0.25, -0.2) is 4.79 Å². The fourth-order valence-corrected chi connectivity index (χ4v) is 4.67. The third-order valence-electron chi connectivity index (χ3n) is 6.80. The summed E-state index contributed by atoms with van der Waals surface area (Å²) in [5, 5.41) is 5.79. The molecule has 0 saturated carbocycles. The summed E-state index contributed by atoms with van der Waals surface area (Å²) in [5.74, 6) is 0.859. The van der Waals surface area contributed by atoms with Gasteiger partial charge in [0.25, 0.3) is 5.91 Å². The number of rotatable bonds is 10. The molecule has 37 heavy (non-hydrogen) atoms. The number of nitrogens with zero attached hydrogens (tertiary/aromatic N) is 2. The summed E-state index contributed by atoms with van der Waals surface area (Å²) in [7, 11) is 0. The van der Waals surface area contributed by atoms with Crippen molar-refractivity contribution in [2.75, 3.05) is 35.2 Å². The molecule has 4 rings (SSSR count). The largest absolute Gasteiger partial charge is 0.467 e. The average Bonchev–Trinajstić information content (AvgIpc) is 3.45. The first-order chi connectivity index (χ1) is 18.1. The molecule has 1 saturated heterocycles. The summed E-state index contributed by atoms with van der Waals surface area (Å²) in [6.45, 7) is 7.16. The summed E-state index contributed by atoms with van der Waals surface area (Å²) in [6, 6.07) is 16.9. The highest BCUT2D eigenvalue weighted by Gasteiger charge is 2.24. The first kappa shape index (κ1) is 26.3. The van der Waals surface area contributed by atoms with Crippen LogP contribution in [0.4, 0.5) is 21.9 Å². The van der Waals surface area contributed by atoms with Crippen LogP contribution in [-0.4, -0.2) is 36.5 Å². The van der Waals surface area contributed by atoms with Gasteiger partial charge < -0.3 is 24.9 Å². The zero-order valence-electron chi connectivity index (χ0n) is 22.0. The lowest BCUT2D eigenvalue weighted by Gasteiger charge is -2.31. The van der Waals surface area contributed by atoms with E-state index in [0.717, 1.165) is 75.3 Å². The molecule has 1 aliphatic rings. The Labute approximate surface area is 219 Å². The van der Waals surface area contributed by atoms with Crippen molar-refractivity contribution in [3.8, 4) is 0 Å². The van der Waals surface area contributed by atoms with Gasteiger partial charge in [-0.2, -0.15) is 0 Å². The Morgan fingerprint density at radius 3 is 2.35 bits per heavy atom. The Morgan fingerprint density at radius 1 is 0.946 bits per heavy atom. The van der Waals surface area contributed by atoms with Gasteiger partial charge in [0.15, 0.2) is 0 Å². The Morgan fingerprint density at radius 2 is 1.68 bits per heavy atom. The minimum atomic E-state index is -0.341. The second-order valence-electron chi connectivity index (χ2n) is 9.57. The lowest BCUT2D eigenvalue weighted by molar-refractivity contribution is 0.0725. The van der Waals surface area contributed by atoms with Gasteiger partial charge in [-0.05, 0) is 80.1 Å². The topological polar surface area (TPSA) is 77.8 Å². The maximum absolute atomic E-state index is 13.7. The van der Waals surface area contributed by atoms with E-state index < -0.39 is 0 Å². The molecule has 7 nitrogen and oxygen atoms in total. The van der Waals surface area contributed by atoms with Gasteiger partial charge in [0.05, 0.1) is 24.1 Å². The number of carbonyl (C=O) groups is 2. The molecule has 0 aliphatic carbocycles. The summed E-state index contributed by atoms with van der Waals surface area (Å²) in [5.41, 5.74) is 3.99. The highest BCUT2D eigenvalue weighted by atomic mass is 16.3. The number of carbonyl (C=O) groups excluding carboxylic acids is 2. The van der Waals surface area contributed by atoms with Crippen molar-refractivity contribution in [3.63, 3.8) is 0 Å². The zero-order chi connectivity index (χ0) is 26.0. The van der Waals surface area contributed by atoms with Crippen LogP contribution in [0.5, 0.6) is 0 Å². The molecular weight excluding hydrogens is 464 g/mol. The maximum atomic E-state index is 13.7. The predicted molar refractivity (Wildman–Crippen MR) is 149 cm³/mol. The lowest BCUT2D eigenvalue weighted by atomic mass is 10.1. The van der Waals surface area contributed by atoms with Crippen molar-refractivity contribution < 1.29 is 14.0 Å². The highest BCUT2D eigenvalue weighted by molar-refractivity contribution is 6.04. The monoisotopic (exact) mass is 502 g/mol. The predicted octanol–water partition coefficient (Wildman–Crippen LogP) is 6.92. The fourth-order valence-electron chi connectivity index (χ4n) is 4.67. The fraction of sp³-hybridized carbons (Fsp3) is 0.400. The number of anilines is 3. The molecule has 2 heterocycles. The molecule has 3 amide bonds. The van der Waals surface area contributed by atoms with Gasteiger partial charge in [0.2, 0.25) is 0 Å². The number of hydrogen-bond acceptors (Lipinski definition) is 4. The maximum Gasteiger partial charge on any atom is 0.323 e. The Hall–Kier alpha value is -3.74. The van der Waals surface area contributed by atoms with E-state index in [9.17, 15) is 9.59 Å². The number of unbranched alkanes of at least 4 members (excludes halogenated alkanes) is 1. The van der Waals surface area contributed by atoms with Crippen molar-refractivity contribution in [2.45, 2.75) is 58.9 Å². The highest BCUT2D eigenvalue weighted by Crippen LogP contribution is 2.29. The Kier molecular flexibility index (Phi) is 9.24. The lowest BCUT2D eigenvalue weighted by Crippen LogP contribution is -2.37. The average molecular weight is 503 g/mol. The number of amides is 3. The van der Waals surface area contributed by atoms with Crippen molar-refractivity contribution in [1.29, 1.82) is 0 Å². The van der Waals surface area contributed by atoms with Crippen LogP contribution in [0, 0.1) is 0 Å². The SMILES string of the molecule is CCCCN(Cc1ccco1)c1ccc(NC(=O)Nc2ccc(CC)cc2)cc1C(=O)N1CCCCC1. The van der Waals surface area contributed by atoms with Crippen molar-refractivity contribution in [3.05, 3.63) is 77.7 Å². The van der Waals surface area contributed by atoms with Crippen LogP contribution in [-0.2, 0) is 13.0 Å². The van der Waals surface area contributed by atoms with E-state index >= 15 is 0 Å². The number of piperidine rings is 1. The van der Waals surface area contributed by atoms with Crippen LogP contribution >= 0.6 is 0 Å². The molecule has 3 aromatic rings. The molecule has 0 atom stereocenters. The van der Waals surface area contributed by atoms with E-state index in [4.69, 9.17) is 4.42 Å². The number of benzene rings is 2. The summed E-state index contributed by atoms with van der Waals surface area (Å²) in [4.78, 5) is 30.6. The first-order valence-corrected chi connectivity index (χ1v) is 13.4. The minimum absolute atomic E-state index is 0.00913. The van der Waals surface area contributed by atoms with Gasteiger partial charge in [-0.3, -0.25) is 4.79 Å². The van der Waals surface area contributed by atoms with Gasteiger partial charge >= 0.3 is 6.03 Å². The molecule has 2 N–H and O–H groups in total. The number of urea groups is 1. The Bertz CT molecular complexity index is 1150. The molecule has 196 valence electrons. The first-order valence-electron chi connectivity index (χ1n) is 13.4. The molecule has 1 fully saturated rings. The van der Waals surface area contributed by atoms with Crippen LogP contribution in [0.1, 0.15) is 67.6 Å². The molecule has 1 aliphatic heterocycles. The molecule has 2 aromatic carbocycles. The number of furan rings is 1. The smallest absolute Gasteiger partial charge is 0.323 e. The Balaban J connectivity index is 1.59. The molecular formula is C30H38N4O3. The van der Waals surface area contributed by atoms with E-state index in [1.54, 1.807) is 6.26 Å². The summed E-state index contributed by atoms with van der Waals surface area (Å²) < 4.78 is 5.63.